The second-order valence-electron chi connectivity index (χ2n) is 5.51. The van der Waals surface area contributed by atoms with Crippen LogP contribution in [0.4, 0.5) is 5.69 Å². The predicted molar refractivity (Wildman–Crippen MR) is 105 cm³/mol. The van der Waals surface area contributed by atoms with Gasteiger partial charge in [-0.3, -0.25) is 9.59 Å². The quantitative estimate of drug-likeness (QED) is 0.429. The Kier molecular flexibility index (Phi) is 8.57. The molecule has 0 fully saturated rings. The van der Waals surface area contributed by atoms with Gasteiger partial charge >= 0.3 is 0 Å². The predicted octanol–water partition coefficient (Wildman–Crippen LogP) is 4.04. The van der Waals surface area contributed by atoms with Gasteiger partial charge in [-0.15, -0.1) is 0 Å². The van der Waals surface area contributed by atoms with Gasteiger partial charge in [-0.25, -0.2) is 5.43 Å². The van der Waals surface area contributed by atoms with Crippen LogP contribution in [0.15, 0.2) is 53.6 Å². The van der Waals surface area contributed by atoms with Crippen molar-refractivity contribution in [1.82, 2.24) is 5.43 Å². The van der Waals surface area contributed by atoms with Crippen molar-refractivity contribution in [2.24, 2.45) is 11.0 Å². The van der Waals surface area contributed by atoms with Crippen LogP contribution in [-0.2, 0) is 0 Å². The highest BCUT2D eigenvalue weighted by Crippen LogP contribution is 2.22. The van der Waals surface area contributed by atoms with Crippen LogP contribution in [0.3, 0.4) is 0 Å². The standard InChI is InChI=1S/C18H19N3O3.C2H6/c1-12(2)11-19-21-18(24)14-9-7-13(8-10-14)17(23)20-15-5-3-4-6-16(15)22;1-2/h3-12,22H,1-2H3,(H,20,23)(H,21,24);1-2H3/b19-11+;. The summed E-state index contributed by atoms with van der Waals surface area (Å²) in [5, 5.41) is 16.1. The van der Waals surface area contributed by atoms with Crippen molar-refractivity contribution in [3.8, 4) is 5.75 Å². The number of hydrogen-bond acceptors (Lipinski definition) is 4. The number of aromatic hydroxyl groups is 1. The van der Waals surface area contributed by atoms with E-state index >= 15 is 0 Å². The average Bonchev–Trinajstić information content (AvgIpc) is 2.65. The molecular weight excluding hydrogens is 330 g/mol. The summed E-state index contributed by atoms with van der Waals surface area (Å²) in [5.41, 5.74) is 3.52. The topological polar surface area (TPSA) is 90.8 Å². The molecule has 2 amide bonds. The second-order valence-corrected chi connectivity index (χ2v) is 5.51. The Morgan fingerprint density at radius 1 is 0.962 bits per heavy atom. The van der Waals surface area contributed by atoms with Crippen LogP contribution in [0.25, 0.3) is 0 Å². The van der Waals surface area contributed by atoms with Crippen LogP contribution < -0.4 is 10.7 Å². The molecule has 3 N–H and O–H groups in total. The van der Waals surface area contributed by atoms with Crippen molar-refractivity contribution in [3.05, 3.63) is 59.7 Å². The third-order valence-electron chi connectivity index (χ3n) is 3.10. The minimum absolute atomic E-state index is 0.00939. The van der Waals surface area contributed by atoms with Gasteiger partial charge < -0.3 is 10.4 Å². The SMILES string of the molecule is CC.CC(C)/C=N/NC(=O)c1ccc(C(=O)Nc2ccccc2O)cc1. The van der Waals surface area contributed by atoms with E-state index in [-0.39, 0.29) is 23.5 Å². The first-order chi connectivity index (χ1) is 12.5. The Labute approximate surface area is 153 Å². The summed E-state index contributed by atoms with van der Waals surface area (Å²) in [6.45, 7) is 7.90. The fourth-order valence-corrected chi connectivity index (χ4v) is 1.86. The zero-order chi connectivity index (χ0) is 19.5. The minimum atomic E-state index is -0.374. The molecule has 0 aliphatic carbocycles. The number of para-hydroxylation sites is 2. The van der Waals surface area contributed by atoms with Crippen LogP contribution in [0.2, 0.25) is 0 Å². The molecule has 26 heavy (non-hydrogen) atoms. The van der Waals surface area contributed by atoms with Gasteiger partial charge in [-0.1, -0.05) is 39.8 Å². The molecule has 0 bridgehead atoms. The summed E-state index contributed by atoms with van der Waals surface area (Å²) < 4.78 is 0. The number of hydrazone groups is 1. The lowest BCUT2D eigenvalue weighted by Crippen LogP contribution is -2.18. The van der Waals surface area contributed by atoms with Gasteiger partial charge in [-0.05, 0) is 42.3 Å². The van der Waals surface area contributed by atoms with E-state index in [1.807, 2.05) is 27.7 Å². The van der Waals surface area contributed by atoms with Gasteiger partial charge in [0.2, 0.25) is 0 Å². The zero-order valence-corrected chi connectivity index (χ0v) is 15.5. The molecule has 0 saturated heterocycles. The highest BCUT2D eigenvalue weighted by atomic mass is 16.3. The van der Waals surface area contributed by atoms with E-state index in [4.69, 9.17) is 0 Å². The number of phenols is 1. The molecule has 2 aromatic rings. The van der Waals surface area contributed by atoms with Crippen molar-refractivity contribution in [2.45, 2.75) is 27.7 Å². The van der Waals surface area contributed by atoms with Crippen molar-refractivity contribution in [2.75, 3.05) is 5.32 Å². The highest BCUT2D eigenvalue weighted by Gasteiger charge is 2.10. The molecule has 0 heterocycles. The van der Waals surface area contributed by atoms with Gasteiger partial charge in [0, 0.05) is 17.3 Å². The highest BCUT2D eigenvalue weighted by molar-refractivity contribution is 6.05. The molecule has 6 nitrogen and oxygen atoms in total. The van der Waals surface area contributed by atoms with Crippen LogP contribution in [0, 0.1) is 5.92 Å². The third-order valence-corrected chi connectivity index (χ3v) is 3.10. The molecule has 6 heteroatoms. The lowest BCUT2D eigenvalue weighted by molar-refractivity contribution is 0.0953. The van der Waals surface area contributed by atoms with E-state index in [0.717, 1.165) is 0 Å². The summed E-state index contributed by atoms with van der Waals surface area (Å²) in [5.74, 6) is -0.489. The van der Waals surface area contributed by atoms with Gasteiger partial charge in [0.05, 0.1) is 5.69 Å². The van der Waals surface area contributed by atoms with E-state index in [1.165, 1.54) is 18.2 Å². The first kappa shape index (κ1) is 20.9. The number of amides is 2. The largest absolute Gasteiger partial charge is 0.506 e. The Morgan fingerprint density at radius 2 is 1.50 bits per heavy atom. The number of nitrogens with zero attached hydrogens (tertiary/aromatic N) is 1. The maximum atomic E-state index is 12.1. The average molecular weight is 355 g/mol. The number of phenolic OH excluding ortho intramolecular Hbond substituents is 1. The number of benzene rings is 2. The number of anilines is 1. The van der Waals surface area contributed by atoms with Gasteiger partial charge in [0.25, 0.3) is 11.8 Å². The molecule has 0 aliphatic heterocycles. The van der Waals surface area contributed by atoms with Gasteiger partial charge in [0.1, 0.15) is 5.75 Å². The lowest BCUT2D eigenvalue weighted by atomic mass is 10.1. The fraction of sp³-hybridized carbons (Fsp3) is 0.250. The van der Waals surface area contributed by atoms with Crippen LogP contribution in [0.5, 0.6) is 5.75 Å². The Balaban J connectivity index is 0.00000163. The summed E-state index contributed by atoms with van der Waals surface area (Å²) in [6, 6.07) is 12.6. The van der Waals surface area contributed by atoms with E-state index < -0.39 is 0 Å². The van der Waals surface area contributed by atoms with Crippen LogP contribution >= 0.6 is 0 Å². The molecule has 0 radical (unpaired) electrons. The smallest absolute Gasteiger partial charge is 0.271 e. The molecule has 138 valence electrons. The Morgan fingerprint density at radius 3 is 2.04 bits per heavy atom. The van der Waals surface area contributed by atoms with E-state index in [0.29, 0.717) is 16.8 Å². The lowest BCUT2D eigenvalue weighted by Gasteiger charge is -2.07. The maximum Gasteiger partial charge on any atom is 0.271 e. The molecular formula is C20H25N3O3. The Hall–Kier alpha value is -3.15. The maximum absolute atomic E-state index is 12.1. The number of carbonyl (C=O) groups excluding carboxylic acids is 2. The van der Waals surface area contributed by atoms with Crippen molar-refractivity contribution in [1.29, 1.82) is 0 Å². The molecule has 2 rings (SSSR count). The molecule has 0 saturated carbocycles. The number of hydrogen-bond donors (Lipinski definition) is 3. The molecule has 0 spiro atoms. The second kappa shape index (κ2) is 10.7. The molecule has 0 atom stereocenters. The van der Waals surface area contributed by atoms with Crippen LogP contribution in [0.1, 0.15) is 48.4 Å². The molecule has 2 aromatic carbocycles. The first-order valence-corrected chi connectivity index (χ1v) is 8.50. The summed E-state index contributed by atoms with van der Waals surface area (Å²) in [4.78, 5) is 24.0. The molecule has 0 aromatic heterocycles. The van der Waals surface area contributed by atoms with Crippen molar-refractivity contribution >= 4 is 23.7 Å². The van der Waals surface area contributed by atoms with E-state index in [9.17, 15) is 14.7 Å². The normalized spacial score (nSPS) is 10.2. The Bertz CT molecular complexity index is 753. The minimum Gasteiger partial charge on any atom is -0.506 e. The van der Waals surface area contributed by atoms with Crippen LogP contribution in [-0.4, -0.2) is 23.1 Å². The number of nitrogens with one attached hydrogen (secondary N) is 2. The fourth-order valence-electron chi connectivity index (χ4n) is 1.86. The summed E-state index contributed by atoms with van der Waals surface area (Å²) in [7, 11) is 0. The monoisotopic (exact) mass is 355 g/mol. The third kappa shape index (κ3) is 6.39. The molecule has 0 aliphatic rings. The first-order valence-electron chi connectivity index (χ1n) is 8.50. The molecule has 0 unspecified atom stereocenters. The summed E-state index contributed by atoms with van der Waals surface area (Å²) in [6.07, 6.45) is 1.63. The number of carbonyl (C=O) groups is 2. The van der Waals surface area contributed by atoms with Gasteiger partial charge in [0.15, 0.2) is 0 Å². The van der Waals surface area contributed by atoms with E-state index in [1.54, 1.807) is 36.5 Å². The zero-order valence-electron chi connectivity index (χ0n) is 15.5. The van der Waals surface area contributed by atoms with Gasteiger partial charge in [-0.2, -0.15) is 5.10 Å². The van der Waals surface area contributed by atoms with Crippen molar-refractivity contribution in [3.63, 3.8) is 0 Å². The summed E-state index contributed by atoms with van der Waals surface area (Å²) >= 11 is 0. The van der Waals surface area contributed by atoms with Crippen molar-refractivity contribution < 1.29 is 14.7 Å². The van der Waals surface area contributed by atoms with E-state index in [2.05, 4.69) is 15.8 Å². The number of rotatable bonds is 5.